The molecule has 0 aromatic heterocycles. The summed E-state index contributed by atoms with van der Waals surface area (Å²) in [6.07, 6.45) is -4.81. The molecule has 0 aliphatic rings. The molecule has 0 bridgehead atoms. The molecule has 0 spiro atoms. The van der Waals surface area contributed by atoms with E-state index in [0.29, 0.717) is 6.07 Å². The summed E-state index contributed by atoms with van der Waals surface area (Å²) in [5.74, 6) is -1.46. The quantitative estimate of drug-likeness (QED) is 0.817. The molecule has 0 fully saturated rings. The first-order valence-corrected chi connectivity index (χ1v) is 9.78. The third-order valence-corrected chi connectivity index (χ3v) is 5.46. The second-order valence-electron chi connectivity index (χ2n) is 4.62. The first-order chi connectivity index (χ1) is 9.80. The van der Waals surface area contributed by atoms with Crippen LogP contribution in [0.1, 0.15) is 17.5 Å². The van der Waals surface area contributed by atoms with Crippen molar-refractivity contribution in [2.24, 2.45) is 5.14 Å². The van der Waals surface area contributed by atoms with Gasteiger partial charge in [-0.15, -0.1) is 0 Å². The summed E-state index contributed by atoms with van der Waals surface area (Å²) >= 11 is 5.50. The summed E-state index contributed by atoms with van der Waals surface area (Å²) in [5.41, 5.74) is -0.960. The zero-order valence-corrected chi connectivity index (χ0v) is 13.5. The minimum absolute atomic E-state index is 0.0913. The molecule has 22 heavy (non-hydrogen) atoms. The number of benzene rings is 1. The summed E-state index contributed by atoms with van der Waals surface area (Å²) in [6.45, 7) is 0. The second kappa shape index (κ2) is 6.73. The van der Waals surface area contributed by atoms with E-state index >= 15 is 0 Å². The molecule has 0 unspecified atom stereocenters. The third kappa shape index (κ3) is 6.51. The van der Waals surface area contributed by atoms with Crippen LogP contribution in [-0.2, 0) is 31.8 Å². The number of primary sulfonamides is 1. The Hall–Kier alpha value is -0.840. The molecule has 5 nitrogen and oxygen atoms in total. The van der Waals surface area contributed by atoms with E-state index in [1.165, 1.54) is 0 Å². The van der Waals surface area contributed by atoms with Gasteiger partial charge in [0, 0.05) is 0 Å². The summed E-state index contributed by atoms with van der Waals surface area (Å²) in [5, 5.41) is 4.16. The van der Waals surface area contributed by atoms with Crippen LogP contribution < -0.4 is 5.14 Å². The molecule has 0 atom stereocenters. The first kappa shape index (κ1) is 19.2. The van der Waals surface area contributed by atoms with Gasteiger partial charge in [0.1, 0.15) is 0 Å². The Morgan fingerprint density at radius 1 is 1.09 bits per heavy atom. The number of rotatable bonds is 6. The van der Waals surface area contributed by atoms with Crippen molar-refractivity contribution in [3.05, 3.63) is 34.3 Å². The van der Waals surface area contributed by atoms with Crippen molar-refractivity contribution in [1.29, 1.82) is 0 Å². The lowest BCUT2D eigenvalue weighted by atomic mass is 10.1. The van der Waals surface area contributed by atoms with E-state index in [1.54, 1.807) is 0 Å². The standard InChI is InChI=1S/C11H13ClF3NO4S2/c12-10-6-8(2-3-9(10)11(13,14)15)7-21(17,18)4-1-5-22(16,19)20/h2-3,6H,1,4-5,7H2,(H2,16,19,20). The summed E-state index contributed by atoms with van der Waals surface area (Å²) in [4.78, 5) is 0. The fraction of sp³-hybridized carbons (Fsp3) is 0.455. The zero-order chi connectivity index (χ0) is 17.2. The maximum atomic E-state index is 12.5. The lowest BCUT2D eigenvalue weighted by molar-refractivity contribution is -0.137. The molecule has 0 saturated heterocycles. The van der Waals surface area contributed by atoms with Crippen molar-refractivity contribution >= 4 is 31.5 Å². The Labute approximate surface area is 131 Å². The van der Waals surface area contributed by atoms with Gasteiger partial charge in [0.15, 0.2) is 9.84 Å². The van der Waals surface area contributed by atoms with Crippen LogP contribution in [-0.4, -0.2) is 28.3 Å². The number of nitrogens with two attached hydrogens (primary N) is 1. The van der Waals surface area contributed by atoms with Gasteiger partial charge < -0.3 is 0 Å². The molecule has 0 radical (unpaired) electrons. The smallest absolute Gasteiger partial charge is 0.229 e. The largest absolute Gasteiger partial charge is 0.417 e. The van der Waals surface area contributed by atoms with Gasteiger partial charge in [0.05, 0.1) is 27.8 Å². The summed E-state index contributed by atoms with van der Waals surface area (Å²) in [6, 6.07) is 2.66. The average Bonchev–Trinajstić information content (AvgIpc) is 2.23. The molecule has 126 valence electrons. The van der Waals surface area contributed by atoms with Gasteiger partial charge in [-0.3, -0.25) is 0 Å². The monoisotopic (exact) mass is 379 g/mol. The van der Waals surface area contributed by atoms with Crippen molar-refractivity contribution in [3.8, 4) is 0 Å². The van der Waals surface area contributed by atoms with Gasteiger partial charge in [-0.1, -0.05) is 17.7 Å². The fourth-order valence-corrected chi connectivity index (χ4v) is 4.14. The van der Waals surface area contributed by atoms with Gasteiger partial charge in [-0.25, -0.2) is 22.0 Å². The van der Waals surface area contributed by atoms with Gasteiger partial charge >= 0.3 is 6.18 Å². The highest BCUT2D eigenvalue weighted by Crippen LogP contribution is 2.35. The number of hydrogen-bond donors (Lipinski definition) is 1. The van der Waals surface area contributed by atoms with E-state index in [-0.39, 0.29) is 12.0 Å². The molecule has 0 heterocycles. The van der Waals surface area contributed by atoms with Crippen molar-refractivity contribution in [2.75, 3.05) is 11.5 Å². The van der Waals surface area contributed by atoms with Crippen molar-refractivity contribution in [1.82, 2.24) is 0 Å². The van der Waals surface area contributed by atoms with Crippen molar-refractivity contribution in [2.45, 2.75) is 18.3 Å². The highest BCUT2D eigenvalue weighted by molar-refractivity contribution is 7.91. The van der Waals surface area contributed by atoms with E-state index in [4.69, 9.17) is 16.7 Å². The lowest BCUT2D eigenvalue weighted by Gasteiger charge is -2.10. The summed E-state index contributed by atoms with van der Waals surface area (Å²) in [7, 11) is -7.44. The maximum absolute atomic E-state index is 12.5. The maximum Gasteiger partial charge on any atom is 0.417 e. The predicted octanol–water partition coefficient (Wildman–Crippen LogP) is 1.95. The molecule has 1 aromatic rings. The minimum Gasteiger partial charge on any atom is -0.229 e. The molecule has 0 amide bonds. The van der Waals surface area contributed by atoms with Crippen LogP contribution in [0.4, 0.5) is 13.2 Å². The lowest BCUT2D eigenvalue weighted by Crippen LogP contribution is -2.19. The number of hydrogen-bond acceptors (Lipinski definition) is 4. The van der Waals surface area contributed by atoms with Gasteiger partial charge in [0.2, 0.25) is 10.0 Å². The number of alkyl halides is 3. The molecule has 1 rings (SSSR count). The summed E-state index contributed by atoms with van der Waals surface area (Å²) < 4.78 is 82.6. The highest BCUT2D eigenvalue weighted by atomic mass is 35.5. The van der Waals surface area contributed by atoms with E-state index < -0.39 is 53.9 Å². The molecular weight excluding hydrogens is 367 g/mol. The molecule has 0 aliphatic heterocycles. The van der Waals surface area contributed by atoms with E-state index in [2.05, 4.69) is 0 Å². The Bertz CT molecular complexity index is 745. The van der Waals surface area contributed by atoms with E-state index in [0.717, 1.165) is 12.1 Å². The van der Waals surface area contributed by atoms with Crippen LogP contribution in [0.15, 0.2) is 18.2 Å². The van der Waals surface area contributed by atoms with E-state index in [9.17, 15) is 30.0 Å². The molecule has 11 heteroatoms. The number of halogens is 4. The molecule has 2 N–H and O–H groups in total. The van der Waals surface area contributed by atoms with Crippen LogP contribution in [0, 0.1) is 0 Å². The molecule has 0 saturated carbocycles. The van der Waals surface area contributed by atoms with Crippen molar-refractivity contribution < 1.29 is 30.0 Å². The second-order valence-corrected chi connectivity index (χ2v) is 8.95. The predicted molar refractivity (Wildman–Crippen MR) is 76.5 cm³/mol. The Balaban J connectivity index is 2.80. The Morgan fingerprint density at radius 2 is 1.68 bits per heavy atom. The van der Waals surface area contributed by atoms with Gasteiger partial charge in [0.25, 0.3) is 0 Å². The van der Waals surface area contributed by atoms with E-state index in [1.807, 2.05) is 0 Å². The Kier molecular flexibility index (Phi) is 5.88. The first-order valence-electron chi connectivity index (χ1n) is 5.87. The molecule has 0 aliphatic carbocycles. The van der Waals surface area contributed by atoms with Crippen molar-refractivity contribution in [3.63, 3.8) is 0 Å². The molecule has 1 aromatic carbocycles. The minimum atomic E-state index is -4.62. The third-order valence-electron chi connectivity index (χ3n) is 2.61. The highest BCUT2D eigenvalue weighted by Gasteiger charge is 2.33. The zero-order valence-electron chi connectivity index (χ0n) is 11.1. The van der Waals surface area contributed by atoms with Gasteiger partial charge in [-0.05, 0) is 24.1 Å². The van der Waals surface area contributed by atoms with Crippen LogP contribution in [0.2, 0.25) is 5.02 Å². The normalized spacial score (nSPS) is 13.3. The van der Waals surface area contributed by atoms with Crippen LogP contribution >= 0.6 is 11.6 Å². The SMILES string of the molecule is NS(=O)(=O)CCCS(=O)(=O)Cc1ccc(C(F)(F)F)c(Cl)c1. The van der Waals surface area contributed by atoms with Crippen LogP contribution in [0.3, 0.4) is 0 Å². The Morgan fingerprint density at radius 3 is 2.14 bits per heavy atom. The topological polar surface area (TPSA) is 94.3 Å². The van der Waals surface area contributed by atoms with Crippen LogP contribution in [0.5, 0.6) is 0 Å². The number of sulfonamides is 1. The number of sulfone groups is 1. The van der Waals surface area contributed by atoms with Gasteiger partial charge in [-0.2, -0.15) is 13.2 Å². The molecular formula is C11H13ClF3NO4S2. The van der Waals surface area contributed by atoms with Crippen LogP contribution in [0.25, 0.3) is 0 Å². The average molecular weight is 380 g/mol. The fourth-order valence-electron chi connectivity index (χ4n) is 1.68.